The van der Waals surface area contributed by atoms with Crippen molar-refractivity contribution < 1.29 is 23.8 Å². The molecule has 9 unspecified atom stereocenters. The molecule has 0 saturated heterocycles. The number of thiol groups is 1. The van der Waals surface area contributed by atoms with Gasteiger partial charge in [0.2, 0.25) is 5.91 Å². The molecule has 4 nitrogen and oxygen atoms in total. The highest BCUT2D eigenvalue weighted by atomic mass is 32.1. The Hall–Kier alpha value is -1.18. The number of hydrogen-bond acceptors (Lipinski definition) is 4. The molecule has 4 aliphatic carbocycles. The van der Waals surface area contributed by atoms with Crippen molar-refractivity contribution in [3.05, 3.63) is 24.3 Å². The molecule has 4 saturated carbocycles. The van der Waals surface area contributed by atoms with Gasteiger partial charge in [-0.1, -0.05) is 39.8 Å². The maximum absolute atomic E-state index is 14.7. The second-order valence-corrected chi connectivity index (χ2v) is 13.2. The summed E-state index contributed by atoms with van der Waals surface area (Å²) in [6.07, 6.45) is 4.48. The fourth-order valence-electron chi connectivity index (χ4n) is 9.11. The number of aliphatic hydroxyl groups is 2. The Kier molecular flexibility index (Phi) is 8.91. The predicted molar refractivity (Wildman–Crippen MR) is 150 cm³/mol. The summed E-state index contributed by atoms with van der Waals surface area (Å²) in [6, 6.07) is 7.47. The third kappa shape index (κ3) is 5.28. The zero-order chi connectivity index (χ0) is 27.9. The lowest BCUT2D eigenvalue weighted by Crippen LogP contribution is -2.61. The summed E-state index contributed by atoms with van der Waals surface area (Å²) in [5.74, 6) is -2.15. The summed E-state index contributed by atoms with van der Waals surface area (Å²) in [7, 11) is 0. The fourth-order valence-corrected chi connectivity index (χ4v) is 9.33. The number of para-hydroxylation sites is 1. The van der Waals surface area contributed by atoms with E-state index in [1.165, 1.54) is 0 Å². The summed E-state index contributed by atoms with van der Waals surface area (Å²) < 4.78 is 29.4. The third-order valence-corrected chi connectivity index (χ3v) is 11.4. The molecule has 214 valence electrons. The Morgan fingerprint density at radius 2 is 1.74 bits per heavy atom. The molecule has 0 aliphatic heterocycles. The molecule has 38 heavy (non-hydrogen) atoms. The summed E-state index contributed by atoms with van der Waals surface area (Å²) in [6.45, 7) is 8.36. The number of halogens is 2. The van der Waals surface area contributed by atoms with Crippen LogP contribution in [0.5, 0.6) is 0 Å². The summed E-state index contributed by atoms with van der Waals surface area (Å²) in [5.41, 5.74) is 0.278. The first-order valence-corrected chi connectivity index (χ1v) is 15.2. The van der Waals surface area contributed by atoms with E-state index in [0.717, 1.165) is 49.1 Å². The SMILES string of the molecule is CC.CC12CCC3C(C(O)CC4CC(O)C(F)(F)CC43C)C1CCC2CCCC(=O)Nc1ccccc1S. The maximum atomic E-state index is 14.7. The zero-order valence-corrected chi connectivity index (χ0v) is 24.3. The molecule has 1 aromatic carbocycles. The van der Waals surface area contributed by atoms with Crippen LogP contribution in [0.4, 0.5) is 14.5 Å². The van der Waals surface area contributed by atoms with Crippen molar-refractivity contribution in [2.75, 3.05) is 5.32 Å². The van der Waals surface area contributed by atoms with E-state index in [2.05, 4.69) is 24.9 Å². The minimum absolute atomic E-state index is 0.00184. The zero-order valence-electron chi connectivity index (χ0n) is 23.4. The second kappa shape index (κ2) is 11.4. The minimum Gasteiger partial charge on any atom is -0.393 e. The van der Waals surface area contributed by atoms with Gasteiger partial charge in [0, 0.05) is 17.7 Å². The first-order chi connectivity index (χ1) is 18.0. The van der Waals surface area contributed by atoms with Crippen molar-refractivity contribution >= 4 is 24.2 Å². The number of carbonyl (C=O) groups is 1. The highest BCUT2D eigenvalue weighted by Crippen LogP contribution is 2.68. The second-order valence-electron chi connectivity index (χ2n) is 12.8. The van der Waals surface area contributed by atoms with Crippen LogP contribution in [0.3, 0.4) is 0 Å². The lowest BCUT2D eigenvalue weighted by Gasteiger charge is -2.63. The van der Waals surface area contributed by atoms with Gasteiger partial charge in [-0.2, -0.15) is 0 Å². The Labute approximate surface area is 232 Å². The molecule has 3 N–H and O–H groups in total. The number of amides is 1. The standard InChI is InChI=1S/C29H41F2NO3S.C2H6/c1-27-13-12-20-26(22(33)14-18-15-24(34)29(30,31)16-28(18,20)2)19(27)11-10-17(27)6-5-9-25(35)32-21-7-3-4-8-23(21)36;1-2/h3-4,7-8,17-20,22,24,26,33-34,36H,5-6,9-16H2,1-2H3,(H,32,35);1-2H3. The Bertz CT molecular complexity index is 992. The van der Waals surface area contributed by atoms with E-state index in [4.69, 9.17) is 0 Å². The Morgan fingerprint density at radius 3 is 2.45 bits per heavy atom. The first kappa shape index (κ1) is 29.8. The van der Waals surface area contributed by atoms with Gasteiger partial charge >= 0.3 is 0 Å². The van der Waals surface area contributed by atoms with Crippen LogP contribution >= 0.6 is 12.6 Å². The van der Waals surface area contributed by atoms with Gasteiger partial charge in [-0.05, 0) is 104 Å². The van der Waals surface area contributed by atoms with Crippen LogP contribution < -0.4 is 5.32 Å². The van der Waals surface area contributed by atoms with E-state index < -0.39 is 23.5 Å². The lowest BCUT2D eigenvalue weighted by molar-refractivity contribution is -0.235. The minimum atomic E-state index is -3.05. The van der Waals surface area contributed by atoms with Gasteiger partial charge in [0.1, 0.15) is 6.10 Å². The van der Waals surface area contributed by atoms with Gasteiger partial charge in [-0.25, -0.2) is 8.78 Å². The fraction of sp³-hybridized carbons (Fsp3) is 0.774. The molecule has 0 heterocycles. The van der Waals surface area contributed by atoms with Crippen LogP contribution in [0.1, 0.15) is 91.9 Å². The van der Waals surface area contributed by atoms with Crippen molar-refractivity contribution in [1.29, 1.82) is 0 Å². The van der Waals surface area contributed by atoms with Crippen molar-refractivity contribution in [2.24, 2.45) is 40.4 Å². The molecule has 5 rings (SSSR count). The van der Waals surface area contributed by atoms with Gasteiger partial charge < -0.3 is 15.5 Å². The summed E-state index contributed by atoms with van der Waals surface area (Å²) >= 11 is 4.40. The Morgan fingerprint density at radius 1 is 1.05 bits per heavy atom. The molecular weight excluding hydrogens is 504 g/mol. The van der Waals surface area contributed by atoms with Gasteiger partial charge in [0.15, 0.2) is 0 Å². The number of hydrogen-bond donors (Lipinski definition) is 4. The van der Waals surface area contributed by atoms with Crippen molar-refractivity contribution in [1.82, 2.24) is 0 Å². The molecule has 0 spiro atoms. The molecule has 7 heteroatoms. The molecule has 9 atom stereocenters. The van der Waals surface area contributed by atoms with E-state index in [0.29, 0.717) is 24.7 Å². The number of carbonyl (C=O) groups excluding carboxylic acids is 1. The molecule has 1 aromatic rings. The smallest absolute Gasteiger partial charge is 0.274 e. The average Bonchev–Trinajstić information content (AvgIpc) is 3.20. The van der Waals surface area contributed by atoms with Crippen LogP contribution in [0.25, 0.3) is 0 Å². The van der Waals surface area contributed by atoms with Crippen LogP contribution in [0.2, 0.25) is 0 Å². The molecule has 0 aromatic heterocycles. The number of alkyl halides is 2. The van der Waals surface area contributed by atoms with Crippen molar-refractivity contribution in [3.8, 4) is 0 Å². The van der Waals surface area contributed by atoms with Gasteiger partial charge in [-0.15, -0.1) is 12.6 Å². The average molecular weight is 552 g/mol. The molecular formula is C31H47F2NO3S. The number of benzene rings is 1. The first-order valence-electron chi connectivity index (χ1n) is 14.8. The van der Waals surface area contributed by atoms with Gasteiger partial charge in [-0.3, -0.25) is 4.79 Å². The quantitative estimate of drug-likeness (QED) is 0.289. The highest BCUT2D eigenvalue weighted by molar-refractivity contribution is 7.80. The molecule has 4 fully saturated rings. The van der Waals surface area contributed by atoms with E-state index in [-0.39, 0.29) is 41.9 Å². The van der Waals surface area contributed by atoms with Crippen LogP contribution in [-0.4, -0.2) is 34.3 Å². The van der Waals surface area contributed by atoms with Crippen LogP contribution in [-0.2, 0) is 4.79 Å². The van der Waals surface area contributed by atoms with Crippen LogP contribution in [0.15, 0.2) is 29.2 Å². The maximum Gasteiger partial charge on any atom is 0.274 e. The number of rotatable bonds is 5. The van der Waals surface area contributed by atoms with Gasteiger partial charge in [0.25, 0.3) is 5.92 Å². The number of fused-ring (bicyclic) bond motifs is 5. The predicted octanol–water partition coefficient (Wildman–Crippen LogP) is 7.35. The highest BCUT2D eigenvalue weighted by Gasteiger charge is 2.65. The molecule has 0 bridgehead atoms. The monoisotopic (exact) mass is 551 g/mol. The summed E-state index contributed by atoms with van der Waals surface area (Å²) in [4.78, 5) is 13.3. The molecule has 0 radical (unpaired) electrons. The number of aliphatic hydroxyl groups excluding tert-OH is 2. The third-order valence-electron chi connectivity index (χ3n) is 11.0. The summed E-state index contributed by atoms with van der Waals surface area (Å²) in [5, 5.41) is 24.3. The normalized spacial score (nSPS) is 41.1. The van der Waals surface area contributed by atoms with Gasteiger partial charge in [0.05, 0.1) is 11.8 Å². The number of anilines is 1. The largest absolute Gasteiger partial charge is 0.393 e. The lowest BCUT2D eigenvalue weighted by atomic mass is 9.43. The van der Waals surface area contributed by atoms with E-state index in [1.54, 1.807) is 0 Å². The van der Waals surface area contributed by atoms with E-state index in [9.17, 15) is 23.8 Å². The number of nitrogens with one attached hydrogen (secondary N) is 1. The topological polar surface area (TPSA) is 69.6 Å². The Balaban J connectivity index is 0.00000164. The molecule has 4 aliphatic rings. The van der Waals surface area contributed by atoms with Crippen molar-refractivity contribution in [2.45, 2.75) is 115 Å². The molecule has 1 amide bonds. The van der Waals surface area contributed by atoms with E-state index >= 15 is 0 Å². The van der Waals surface area contributed by atoms with Crippen molar-refractivity contribution in [3.63, 3.8) is 0 Å². The van der Waals surface area contributed by atoms with Crippen LogP contribution in [0, 0.1) is 40.4 Å². The van der Waals surface area contributed by atoms with E-state index in [1.807, 2.05) is 45.0 Å².